The molecule has 0 aliphatic carbocycles. The van der Waals surface area contributed by atoms with Crippen LogP contribution in [0, 0.1) is 25.7 Å². The van der Waals surface area contributed by atoms with Crippen molar-refractivity contribution in [1.82, 2.24) is 0 Å². The summed E-state index contributed by atoms with van der Waals surface area (Å²) in [5.74, 6) is 7.12. The second kappa shape index (κ2) is 7.03. The van der Waals surface area contributed by atoms with Crippen molar-refractivity contribution in [2.24, 2.45) is 0 Å². The number of alkyl halides is 1. The average molecular weight is 285 g/mol. The summed E-state index contributed by atoms with van der Waals surface area (Å²) in [6.07, 6.45) is 0. The molecule has 0 spiro atoms. The number of rotatable bonds is 3. The van der Waals surface area contributed by atoms with Crippen LogP contribution in [0.25, 0.3) is 0 Å². The van der Waals surface area contributed by atoms with Crippen LogP contribution >= 0.6 is 11.6 Å². The number of hydrogen-bond donors (Lipinski definition) is 0. The fraction of sp³-hybridized carbons (Fsp3) is 0.222. The molecule has 0 saturated heterocycles. The van der Waals surface area contributed by atoms with Gasteiger partial charge in [0.2, 0.25) is 0 Å². The van der Waals surface area contributed by atoms with Gasteiger partial charge in [-0.05, 0) is 48.7 Å². The van der Waals surface area contributed by atoms with Crippen LogP contribution in [0.5, 0.6) is 5.75 Å². The molecule has 102 valence electrons. The SMILES string of the molecule is Cc1cc(OCc2ccccc2C)ccc1C#CCCl. The molecule has 1 nitrogen and oxygen atoms in total. The summed E-state index contributed by atoms with van der Waals surface area (Å²) in [5.41, 5.74) is 4.55. The summed E-state index contributed by atoms with van der Waals surface area (Å²) < 4.78 is 5.84. The van der Waals surface area contributed by atoms with Gasteiger partial charge < -0.3 is 4.74 Å². The van der Waals surface area contributed by atoms with E-state index in [2.05, 4.69) is 30.9 Å². The van der Waals surface area contributed by atoms with Crippen LogP contribution in [0.15, 0.2) is 42.5 Å². The van der Waals surface area contributed by atoms with E-state index in [4.69, 9.17) is 16.3 Å². The van der Waals surface area contributed by atoms with Gasteiger partial charge in [-0.15, -0.1) is 11.6 Å². The Hall–Kier alpha value is -1.91. The van der Waals surface area contributed by atoms with Crippen LogP contribution in [0.3, 0.4) is 0 Å². The van der Waals surface area contributed by atoms with Gasteiger partial charge in [-0.2, -0.15) is 0 Å². The first-order chi connectivity index (χ1) is 9.70. The number of halogens is 1. The zero-order chi connectivity index (χ0) is 14.4. The standard InChI is InChI=1S/C18H17ClO/c1-14-6-3-4-7-17(14)13-20-18-10-9-16(8-5-11-19)15(2)12-18/h3-4,6-7,9-10,12H,11,13H2,1-2H3. The second-order valence-corrected chi connectivity index (χ2v) is 4.89. The monoisotopic (exact) mass is 284 g/mol. The first kappa shape index (κ1) is 14.5. The Kier molecular flexibility index (Phi) is 5.09. The van der Waals surface area contributed by atoms with Crippen molar-refractivity contribution < 1.29 is 4.74 Å². The van der Waals surface area contributed by atoms with Crippen molar-refractivity contribution in [3.05, 3.63) is 64.7 Å². The van der Waals surface area contributed by atoms with Gasteiger partial charge in [0.15, 0.2) is 0 Å². The largest absolute Gasteiger partial charge is 0.489 e. The normalized spacial score (nSPS) is 9.75. The zero-order valence-corrected chi connectivity index (χ0v) is 12.5. The molecule has 2 aromatic rings. The third-order valence-electron chi connectivity index (χ3n) is 3.14. The lowest BCUT2D eigenvalue weighted by molar-refractivity contribution is 0.305. The van der Waals surface area contributed by atoms with Crippen molar-refractivity contribution in [3.8, 4) is 17.6 Å². The van der Waals surface area contributed by atoms with E-state index < -0.39 is 0 Å². The molecular weight excluding hydrogens is 268 g/mol. The van der Waals surface area contributed by atoms with Crippen molar-refractivity contribution in [1.29, 1.82) is 0 Å². The van der Waals surface area contributed by atoms with E-state index in [0.717, 1.165) is 16.9 Å². The first-order valence-corrected chi connectivity index (χ1v) is 7.07. The third-order valence-corrected chi connectivity index (χ3v) is 3.28. The maximum atomic E-state index is 5.84. The van der Waals surface area contributed by atoms with E-state index in [0.29, 0.717) is 12.5 Å². The van der Waals surface area contributed by atoms with Crippen LogP contribution in [0.1, 0.15) is 22.3 Å². The van der Waals surface area contributed by atoms with E-state index in [1.807, 2.05) is 37.3 Å². The number of aryl methyl sites for hydroxylation is 2. The van der Waals surface area contributed by atoms with Gasteiger partial charge in [0, 0.05) is 5.56 Å². The lowest BCUT2D eigenvalue weighted by Gasteiger charge is -2.09. The maximum Gasteiger partial charge on any atom is 0.120 e. The summed E-state index contributed by atoms with van der Waals surface area (Å²) in [6.45, 7) is 4.70. The van der Waals surface area contributed by atoms with Gasteiger partial charge in [-0.3, -0.25) is 0 Å². The Balaban J connectivity index is 2.08. The third kappa shape index (κ3) is 3.79. The van der Waals surface area contributed by atoms with Crippen molar-refractivity contribution in [2.45, 2.75) is 20.5 Å². The number of hydrogen-bond acceptors (Lipinski definition) is 1. The van der Waals surface area contributed by atoms with Crippen LogP contribution < -0.4 is 4.74 Å². The molecule has 2 rings (SSSR count). The average Bonchev–Trinajstić information content (AvgIpc) is 2.45. The summed E-state index contributed by atoms with van der Waals surface area (Å²) >= 11 is 5.57. The molecule has 0 amide bonds. The van der Waals surface area contributed by atoms with Crippen LogP contribution in [-0.2, 0) is 6.61 Å². The maximum absolute atomic E-state index is 5.84. The van der Waals surface area contributed by atoms with Gasteiger partial charge in [0.1, 0.15) is 12.4 Å². The van der Waals surface area contributed by atoms with Crippen LogP contribution in [0.4, 0.5) is 0 Å². The van der Waals surface area contributed by atoms with Gasteiger partial charge in [0.25, 0.3) is 0 Å². The van der Waals surface area contributed by atoms with Gasteiger partial charge >= 0.3 is 0 Å². The fourth-order valence-corrected chi connectivity index (χ4v) is 1.99. The molecule has 0 N–H and O–H groups in total. The smallest absolute Gasteiger partial charge is 0.120 e. The molecule has 0 aromatic heterocycles. The Morgan fingerprint density at radius 1 is 1.05 bits per heavy atom. The number of benzene rings is 2. The molecule has 2 heteroatoms. The molecule has 0 fully saturated rings. The van der Waals surface area contributed by atoms with E-state index in [-0.39, 0.29) is 0 Å². The summed E-state index contributed by atoms with van der Waals surface area (Å²) in [5, 5.41) is 0. The lowest BCUT2D eigenvalue weighted by Crippen LogP contribution is -1.98. The van der Waals surface area contributed by atoms with E-state index in [1.165, 1.54) is 11.1 Å². The summed E-state index contributed by atoms with van der Waals surface area (Å²) in [7, 11) is 0. The molecule has 0 aliphatic heterocycles. The van der Waals surface area contributed by atoms with Crippen molar-refractivity contribution >= 4 is 11.6 Å². The number of ether oxygens (including phenoxy) is 1. The molecule has 0 bridgehead atoms. The molecule has 0 saturated carbocycles. The van der Waals surface area contributed by atoms with E-state index in [1.54, 1.807) is 0 Å². The van der Waals surface area contributed by atoms with Crippen LogP contribution in [-0.4, -0.2) is 5.88 Å². The minimum atomic E-state index is 0.352. The molecule has 0 radical (unpaired) electrons. The minimum Gasteiger partial charge on any atom is -0.489 e. The molecular formula is C18H17ClO. The molecule has 0 atom stereocenters. The highest BCUT2D eigenvalue weighted by molar-refractivity contribution is 6.19. The van der Waals surface area contributed by atoms with E-state index in [9.17, 15) is 0 Å². The van der Waals surface area contributed by atoms with Gasteiger partial charge in [-0.25, -0.2) is 0 Å². The second-order valence-electron chi connectivity index (χ2n) is 4.63. The van der Waals surface area contributed by atoms with Crippen molar-refractivity contribution in [2.75, 3.05) is 5.88 Å². The molecule has 2 aromatic carbocycles. The highest BCUT2D eigenvalue weighted by atomic mass is 35.5. The Labute approximate surface area is 125 Å². The summed E-state index contributed by atoms with van der Waals surface area (Å²) in [4.78, 5) is 0. The van der Waals surface area contributed by atoms with Gasteiger partial charge in [-0.1, -0.05) is 36.1 Å². The Morgan fingerprint density at radius 3 is 2.55 bits per heavy atom. The van der Waals surface area contributed by atoms with Crippen molar-refractivity contribution in [3.63, 3.8) is 0 Å². The summed E-state index contributed by atoms with van der Waals surface area (Å²) in [6, 6.07) is 14.2. The molecule has 20 heavy (non-hydrogen) atoms. The quantitative estimate of drug-likeness (QED) is 0.597. The molecule has 0 aliphatic rings. The highest BCUT2D eigenvalue weighted by Crippen LogP contribution is 2.18. The topological polar surface area (TPSA) is 9.23 Å². The van der Waals surface area contributed by atoms with Gasteiger partial charge in [0.05, 0.1) is 5.88 Å². The zero-order valence-electron chi connectivity index (χ0n) is 11.7. The lowest BCUT2D eigenvalue weighted by atomic mass is 10.1. The fourth-order valence-electron chi connectivity index (χ4n) is 1.93. The Morgan fingerprint density at radius 2 is 1.85 bits per heavy atom. The molecule has 0 unspecified atom stereocenters. The Bertz CT molecular complexity index is 650. The predicted octanol–water partition coefficient (Wildman–Crippen LogP) is 4.47. The minimum absolute atomic E-state index is 0.352. The highest BCUT2D eigenvalue weighted by Gasteiger charge is 2.01. The first-order valence-electron chi connectivity index (χ1n) is 6.53. The van der Waals surface area contributed by atoms with E-state index >= 15 is 0 Å². The van der Waals surface area contributed by atoms with Crippen LogP contribution in [0.2, 0.25) is 0 Å². The molecule has 0 heterocycles. The predicted molar refractivity (Wildman–Crippen MR) is 84.3 cm³/mol.